The molecule has 0 amide bonds. The van der Waals surface area contributed by atoms with Crippen LogP contribution in [0.2, 0.25) is 0 Å². The van der Waals surface area contributed by atoms with Gasteiger partial charge in [0.15, 0.2) is 0 Å². The fourth-order valence-electron chi connectivity index (χ4n) is 3.16. The molecule has 1 atom stereocenters. The summed E-state index contributed by atoms with van der Waals surface area (Å²) in [5, 5.41) is 1.08. The third-order valence-corrected chi connectivity index (χ3v) is 4.95. The van der Waals surface area contributed by atoms with Crippen LogP contribution in [0.15, 0.2) is 48.9 Å². The van der Waals surface area contributed by atoms with Crippen molar-refractivity contribution in [1.29, 1.82) is 0 Å². The Morgan fingerprint density at radius 1 is 1.12 bits per heavy atom. The molecule has 0 saturated carbocycles. The average Bonchev–Trinajstić information content (AvgIpc) is 2.99. The Hall–Kier alpha value is -2.77. The molecule has 26 heavy (non-hydrogen) atoms. The minimum Gasteiger partial charge on any atom is -0.325 e. The van der Waals surface area contributed by atoms with Crippen LogP contribution >= 0.6 is 0 Å². The van der Waals surface area contributed by atoms with Crippen LogP contribution < -0.4 is 4.72 Å². The van der Waals surface area contributed by atoms with E-state index in [4.69, 9.17) is 4.55 Å². The molecule has 0 bridgehead atoms. The van der Waals surface area contributed by atoms with Crippen LogP contribution in [0, 0.1) is 13.8 Å². The number of fused-ring (bicyclic) bond motifs is 3. The van der Waals surface area contributed by atoms with E-state index < -0.39 is 11.3 Å². The molecule has 132 valence electrons. The van der Waals surface area contributed by atoms with Gasteiger partial charge in [-0.2, -0.15) is 0 Å². The molecular weight excluding hydrogens is 348 g/mol. The lowest BCUT2D eigenvalue weighted by atomic mass is 10.1. The van der Waals surface area contributed by atoms with E-state index in [9.17, 15) is 4.21 Å². The smallest absolute Gasteiger partial charge is 0.259 e. The van der Waals surface area contributed by atoms with E-state index in [2.05, 4.69) is 45.2 Å². The molecule has 0 aliphatic heterocycles. The molecule has 2 aromatic heterocycles. The van der Waals surface area contributed by atoms with Gasteiger partial charge < -0.3 is 4.57 Å². The van der Waals surface area contributed by atoms with Gasteiger partial charge in [0.2, 0.25) is 0 Å². The average molecular weight is 366 g/mol. The third kappa shape index (κ3) is 3.07. The van der Waals surface area contributed by atoms with Gasteiger partial charge in [-0.3, -0.25) is 14.3 Å². The molecule has 2 N–H and O–H groups in total. The van der Waals surface area contributed by atoms with Crippen LogP contribution in [0.3, 0.4) is 0 Å². The van der Waals surface area contributed by atoms with Crippen molar-refractivity contribution in [3.8, 4) is 0 Å². The Balaban J connectivity index is 1.81. The molecule has 0 saturated heterocycles. The van der Waals surface area contributed by atoms with Crippen molar-refractivity contribution in [3.05, 3.63) is 65.6 Å². The number of rotatable bonds is 4. The van der Waals surface area contributed by atoms with Crippen LogP contribution in [-0.4, -0.2) is 23.3 Å². The van der Waals surface area contributed by atoms with E-state index in [0.29, 0.717) is 12.2 Å². The van der Waals surface area contributed by atoms with E-state index in [1.807, 2.05) is 24.5 Å². The second-order valence-electron chi connectivity index (χ2n) is 6.37. The van der Waals surface area contributed by atoms with Crippen LogP contribution in [0.25, 0.3) is 21.9 Å². The minimum absolute atomic E-state index is 0.603. The molecule has 2 aromatic carbocycles. The molecule has 0 aliphatic carbocycles. The van der Waals surface area contributed by atoms with Crippen molar-refractivity contribution >= 4 is 38.9 Å². The predicted octanol–water partition coefficient (Wildman–Crippen LogP) is 3.80. The van der Waals surface area contributed by atoms with Crippen LogP contribution in [-0.2, 0) is 17.8 Å². The lowest BCUT2D eigenvalue weighted by Gasteiger charge is -2.10. The number of nitrogens with zero attached hydrogens (tertiary/aromatic N) is 3. The standard InChI is InChI=1S/C19H18N4O2S/c1-12-6-16-17(7-13(12)2)20-9-18-19(16)23(11-21-18)10-14-4-3-5-15(8-14)22-26(24)25/h3-9,11,22H,10H2,1-2H3,(H,24,25). The maximum atomic E-state index is 11.0. The second-order valence-corrected chi connectivity index (χ2v) is 7.07. The maximum Gasteiger partial charge on any atom is 0.259 e. The number of aryl methyl sites for hydroxylation is 2. The zero-order valence-electron chi connectivity index (χ0n) is 14.4. The Bertz CT molecular complexity index is 1150. The molecule has 2 heterocycles. The van der Waals surface area contributed by atoms with E-state index >= 15 is 0 Å². The summed E-state index contributed by atoms with van der Waals surface area (Å²) < 4.78 is 24.5. The molecule has 0 radical (unpaired) electrons. The summed E-state index contributed by atoms with van der Waals surface area (Å²) in [5.74, 6) is 0. The van der Waals surface area contributed by atoms with Crippen molar-refractivity contribution in [3.63, 3.8) is 0 Å². The monoisotopic (exact) mass is 366 g/mol. The van der Waals surface area contributed by atoms with Crippen molar-refractivity contribution in [2.75, 3.05) is 4.72 Å². The lowest BCUT2D eigenvalue weighted by Crippen LogP contribution is -2.03. The first kappa shape index (κ1) is 16.7. The van der Waals surface area contributed by atoms with Gasteiger partial charge in [-0.15, -0.1) is 0 Å². The van der Waals surface area contributed by atoms with Gasteiger partial charge in [-0.05, 0) is 54.8 Å². The topological polar surface area (TPSA) is 80.0 Å². The first-order chi connectivity index (χ1) is 12.5. The van der Waals surface area contributed by atoms with Crippen molar-refractivity contribution in [1.82, 2.24) is 14.5 Å². The Kier molecular flexibility index (Phi) is 4.18. The molecule has 0 aliphatic rings. The van der Waals surface area contributed by atoms with Crippen LogP contribution in [0.5, 0.6) is 0 Å². The summed E-state index contributed by atoms with van der Waals surface area (Å²) in [7, 11) is 0. The van der Waals surface area contributed by atoms with E-state index in [0.717, 1.165) is 27.5 Å². The van der Waals surface area contributed by atoms with Gasteiger partial charge in [-0.1, -0.05) is 12.1 Å². The fraction of sp³-hybridized carbons (Fsp3) is 0.158. The Morgan fingerprint density at radius 2 is 1.92 bits per heavy atom. The summed E-state index contributed by atoms with van der Waals surface area (Å²) in [6, 6.07) is 11.7. The molecule has 0 spiro atoms. The van der Waals surface area contributed by atoms with Gasteiger partial charge in [0.05, 0.1) is 23.6 Å². The number of aromatic nitrogens is 3. The van der Waals surface area contributed by atoms with Crippen molar-refractivity contribution < 1.29 is 8.76 Å². The highest BCUT2D eigenvalue weighted by atomic mass is 32.2. The Labute approximate surface area is 153 Å². The van der Waals surface area contributed by atoms with Gasteiger partial charge in [0.25, 0.3) is 11.3 Å². The van der Waals surface area contributed by atoms with Crippen LogP contribution in [0.1, 0.15) is 16.7 Å². The van der Waals surface area contributed by atoms with E-state index in [1.54, 1.807) is 12.3 Å². The molecule has 1 unspecified atom stereocenters. The highest BCUT2D eigenvalue weighted by Crippen LogP contribution is 2.26. The Morgan fingerprint density at radius 3 is 2.73 bits per heavy atom. The van der Waals surface area contributed by atoms with Gasteiger partial charge >= 0.3 is 0 Å². The summed E-state index contributed by atoms with van der Waals surface area (Å²) in [6.45, 7) is 4.79. The van der Waals surface area contributed by atoms with E-state index in [-0.39, 0.29) is 0 Å². The molecule has 7 heteroatoms. The lowest BCUT2D eigenvalue weighted by molar-refractivity contribution is 0.570. The number of anilines is 1. The normalized spacial score (nSPS) is 12.6. The quantitative estimate of drug-likeness (QED) is 0.539. The molecule has 6 nitrogen and oxygen atoms in total. The van der Waals surface area contributed by atoms with E-state index in [1.165, 1.54) is 11.1 Å². The summed E-state index contributed by atoms with van der Waals surface area (Å²) in [6.07, 6.45) is 3.61. The van der Waals surface area contributed by atoms with Gasteiger partial charge in [0.1, 0.15) is 5.52 Å². The number of pyridine rings is 1. The van der Waals surface area contributed by atoms with Gasteiger partial charge in [-0.25, -0.2) is 9.19 Å². The summed E-state index contributed by atoms with van der Waals surface area (Å²) in [5.41, 5.74) is 6.89. The van der Waals surface area contributed by atoms with Crippen molar-refractivity contribution in [2.45, 2.75) is 20.4 Å². The number of hydrogen-bond acceptors (Lipinski definition) is 3. The number of nitrogens with one attached hydrogen (secondary N) is 1. The molecule has 0 fully saturated rings. The zero-order chi connectivity index (χ0) is 18.3. The summed E-state index contributed by atoms with van der Waals surface area (Å²) in [4.78, 5) is 9.02. The van der Waals surface area contributed by atoms with Crippen molar-refractivity contribution in [2.24, 2.45) is 0 Å². The number of benzene rings is 2. The predicted molar refractivity (Wildman–Crippen MR) is 104 cm³/mol. The first-order valence-electron chi connectivity index (χ1n) is 8.18. The first-order valence-corrected chi connectivity index (χ1v) is 9.29. The third-order valence-electron chi connectivity index (χ3n) is 4.54. The highest BCUT2D eigenvalue weighted by molar-refractivity contribution is 7.80. The van der Waals surface area contributed by atoms with Gasteiger partial charge in [0, 0.05) is 17.6 Å². The molecule has 4 aromatic rings. The zero-order valence-corrected chi connectivity index (χ0v) is 15.2. The second kappa shape index (κ2) is 6.51. The minimum atomic E-state index is -2.09. The fourth-order valence-corrected chi connectivity index (χ4v) is 3.49. The number of hydrogen-bond donors (Lipinski definition) is 2. The SMILES string of the molecule is Cc1cc2ncc3ncn(Cc4cccc(NS(=O)O)c4)c3c2cc1C. The highest BCUT2D eigenvalue weighted by Gasteiger charge is 2.10. The maximum absolute atomic E-state index is 11.0. The molecule has 4 rings (SSSR count). The number of imidazole rings is 1. The summed E-state index contributed by atoms with van der Waals surface area (Å²) >= 11 is -2.09. The largest absolute Gasteiger partial charge is 0.325 e. The van der Waals surface area contributed by atoms with Crippen LogP contribution in [0.4, 0.5) is 5.69 Å². The molecular formula is C19H18N4O2S.